The molecule has 0 aliphatic carbocycles. The molecular formula is C18H19FN2O3S. The van der Waals surface area contributed by atoms with Gasteiger partial charge in [-0.15, -0.1) is 0 Å². The molecule has 132 valence electrons. The highest BCUT2D eigenvalue weighted by molar-refractivity contribution is 7.89. The molecule has 0 aromatic heterocycles. The molecule has 1 N–H and O–H groups in total. The molecule has 0 saturated carbocycles. The molecule has 2 aromatic carbocycles. The summed E-state index contributed by atoms with van der Waals surface area (Å²) in [6.45, 7) is 0.842. The van der Waals surface area contributed by atoms with Gasteiger partial charge in [0.15, 0.2) is 0 Å². The lowest BCUT2D eigenvalue weighted by molar-refractivity contribution is -0.117. The van der Waals surface area contributed by atoms with Crippen LogP contribution in [0.2, 0.25) is 0 Å². The number of amides is 1. The van der Waals surface area contributed by atoms with Crippen LogP contribution in [0.3, 0.4) is 0 Å². The van der Waals surface area contributed by atoms with Crippen LogP contribution in [0.15, 0.2) is 53.4 Å². The van der Waals surface area contributed by atoms with Gasteiger partial charge in [0.1, 0.15) is 5.82 Å². The maximum Gasteiger partial charge on any atom is 0.240 e. The average molecular weight is 362 g/mol. The van der Waals surface area contributed by atoms with Crippen LogP contribution >= 0.6 is 0 Å². The van der Waals surface area contributed by atoms with Gasteiger partial charge in [-0.3, -0.25) is 4.79 Å². The molecule has 1 amide bonds. The Labute approximate surface area is 146 Å². The van der Waals surface area contributed by atoms with Gasteiger partial charge in [-0.1, -0.05) is 12.1 Å². The average Bonchev–Trinajstić information content (AvgIpc) is 3.01. The fourth-order valence-corrected chi connectivity index (χ4v) is 3.86. The van der Waals surface area contributed by atoms with Crippen molar-refractivity contribution in [2.75, 3.05) is 18.0 Å². The molecule has 1 fully saturated rings. The Balaban J connectivity index is 1.62. The van der Waals surface area contributed by atoms with Crippen molar-refractivity contribution in [3.05, 3.63) is 59.9 Å². The van der Waals surface area contributed by atoms with Gasteiger partial charge in [-0.2, -0.15) is 0 Å². The van der Waals surface area contributed by atoms with E-state index in [4.69, 9.17) is 0 Å². The first kappa shape index (κ1) is 17.6. The topological polar surface area (TPSA) is 66.5 Å². The maximum atomic E-state index is 13.1. The SMILES string of the molecule is O=C1CCCN1c1ccc(S(=O)(=O)NCCc2cccc(F)c2)cc1. The minimum Gasteiger partial charge on any atom is -0.312 e. The van der Waals surface area contributed by atoms with Crippen LogP contribution in [0.4, 0.5) is 10.1 Å². The van der Waals surface area contributed by atoms with E-state index in [2.05, 4.69) is 4.72 Å². The molecule has 1 heterocycles. The Morgan fingerprint density at radius 1 is 1.12 bits per heavy atom. The van der Waals surface area contributed by atoms with Crippen LogP contribution in [0.1, 0.15) is 18.4 Å². The Morgan fingerprint density at radius 2 is 1.88 bits per heavy atom. The van der Waals surface area contributed by atoms with Crippen molar-refractivity contribution in [1.29, 1.82) is 0 Å². The van der Waals surface area contributed by atoms with Gasteiger partial charge in [0.25, 0.3) is 0 Å². The maximum absolute atomic E-state index is 13.1. The lowest BCUT2D eigenvalue weighted by Crippen LogP contribution is -2.26. The van der Waals surface area contributed by atoms with Crippen LogP contribution < -0.4 is 9.62 Å². The van der Waals surface area contributed by atoms with Crippen molar-refractivity contribution >= 4 is 21.6 Å². The molecule has 0 bridgehead atoms. The molecule has 1 aliphatic heterocycles. The fraction of sp³-hybridized carbons (Fsp3) is 0.278. The first-order valence-electron chi connectivity index (χ1n) is 8.10. The fourth-order valence-electron chi connectivity index (χ4n) is 2.83. The van der Waals surface area contributed by atoms with E-state index < -0.39 is 10.0 Å². The third kappa shape index (κ3) is 4.24. The zero-order valence-electron chi connectivity index (χ0n) is 13.6. The smallest absolute Gasteiger partial charge is 0.240 e. The van der Waals surface area contributed by atoms with E-state index in [1.165, 1.54) is 24.3 Å². The Bertz CT molecular complexity index is 866. The molecule has 2 aromatic rings. The number of carbonyl (C=O) groups is 1. The number of carbonyl (C=O) groups excluding carboxylic acids is 1. The zero-order chi connectivity index (χ0) is 17.9. The molecule has 25 heavy (non-hydrogen) atoms. The molecule has 5 nitrogen and oxygen atoms in total. The number of benzene rings is 2. The molecular weight excluding hydrogens is 343 g/mol. The second kappa shape index (κ2) is 7.33. The molecule has 0 radical (unpaired) electrons. The number of anilines is 1. The lowest BCUT2D eigenvalue weighted by atomic mass is 10.1. The monoisotopic (exact) mass is 362 g/mol. The van der Waals surface area contributed by atoms with Crippen molar-refractivity contribution in [1.82, 2.24) is 4.72 Å². The third-order valence-electron chi connectivity index (χ3n) is 4.13. The molecule has 0 unspecified atom stereocenters. The number of nitrogens with zero attached hydrogens (tertiary/aromatic N) is 1. The number of hydrogen-bond donors (Lipinski definition) is 1. The van der Waals surface area contributed by atoms with Crippen LogP contribution in [-0.2, 0) is 21.2 Å². The summed E-state index contributed by atoms with van der Waals surface area (Å²) in [4.78, 5) is 13.5. The van der Waals surface area contributed by atoms with Gasteiger partial charge in [0, 0.05) is 25.2 Å². The van der Waals surface area contributed by atoms with Crippen molar-refractivity contribution in [3.63, 3.8) is 0 Å². The van der Waals surface area contributed by atoms with Crippen molar-refractivity contribution in [2.24, 2.45) is 0 Å². The normalized spacial score (nSPS) is 14.9. The summed E-state index contributed by atoms with van der Waals surface area (Å²) >= 11 is 0. The molecule has 3 rings (SSSR count). The third-order valence-corrected chi connectivity index (χ3v) is 5.60. The number of rotatable bonds is 6. The summed E-state index contributed by atoms with van der Waals surface area (Å²) in [6.07, 6.45) is 1.75. The predicted octanol–water partition coefficient (Wildman–Crippen LogP) is 2.47. The van der Waals surface area contributed by atoms with Gasteiger partial charge in [0.2, 0.25) is 15.9 Å². The standard InChI is InChI=1S/C18H19FN2O3S/c19-15-4-1-3-14(13-15)10-11-20-25(23,24)17-8-6-16(7-9-17)21-12-2-5-18(21)22/h1,3-4,6-9,13,20H,2,5,10-12H2. The quantitative estimate of drug-likeness (QED) is 0.858. The van der Waals surface area contributed by atoms with Crippen molar-refractivity contribution in [2.45, 2.75) is 24.2 Å². The predicted molar refractivity (Wildman–Crippen MR) is 93.3 cm³/mol. The highest BCUT2D eigenvalue weighted by Crippen LogP contribution is 2.22. The minimum absolute atomic E-state index is 0.0591. The van der Waals surface area contributed by atoms with Gasteiger partial charge in [-0.05, 0) is 54.8 Å². The lowest BCUT2D eigenvalue weighted by Gasteiger charge is -2.16. The van der Waals surface area contributed by atoms with Crippen LogP contribution in [0, 0.1) is 5.82 Å². The van der Waals surface area contributed by atoms with Crippen LogP contribution in [0.5, 0.6) is 0 Å². The number of nitrogens with one attached hydrogen (secondary N) is 1. The Morgan fingerprint density at radius 3 is 2.52 bits per heavy atom. The zero-order valence-corrected chi connectivity index (χ0v) is 14.4. The molecule has 0 atom stereocenters. The summed E-state index contributed by atoms with van der Waals surface area (Å²) in [5, 5.41) is 0. The van der Waals surface area contributed by atoms with E-state index in [0.717, 1.165) is 12.0 Å². The van der Waals surface area contributed by atoms with Gasteiger partial charge < -0.3 is 4.90 Å². The minimum atomic E-state index is -3.64. The summed E-state index contributed by atoms with van der Waals surface area (Å²) in [5.41, 5.74) is 1.44. The van der Waals surface area contributed by atoms with E-state index in [9.17, 15) is 17.6 Å². The molecule has 1 saturated heterocycles. The van der Waals surface area contributed by atoms with Gasteiger partial charge in [0.05, 0.1) is 4.90 Å². The van der Waals surface area contributed by atoms with Gasteiger partial charge in [-0.25, -0.2) is 17.5 Å². The first-order chi connectivity index (χ1) is 12.0. The number of halogens is 1. The van der Waals surface area contributed by atoms with Gasteiger partial charge >= 0.3 is 0 Å². The second-order valence-corrected chi connectivity index (χ2v) is 7.69. The Kier molecular flexibility index (Phi) is 5.15. The highest BCUT2D eigenvalue weighted by atomic mass is 32.2. The summed E-state index contributed by atoms with van der Waals surface area (Å²) < 4.78 is 40.3. The van der Waals surface area contributed by atoms with E-state index in [1.54, 1.807) is 29.2 Å². The first-order valence-corrected chi connectivity index (χ1v) is 9.58. The van der Waals surface area contributed by atoms with E-state index in [0.29, 0.717) is 25.1 Å². The number of sulfonamides is 1. The van der Waals surface area contributed by atoms with Crippen molar-refractivity contribution in [3.8, 4) is 0 Å². The molecule has 0 spiro atoms. The highest BCUT2D eigenvalue weighted by Gasteiger charge is 2.22. The molecule has 1 aliphatic rings. The van der Waals surface area contributed by atoms with E-state index in [1.807, 2.05) is 0 Å². The van der Waals surface area contributed by atoms with E-state index in [-0.39, 0.29) is 23.2 Å². The summed E-state index contributed by atoms with van der Waals surface area (Å²) in [5.74, 6) is -0.281. The summed E-state index contributed by atoms with van der Waals surface area (Å²) in [6, 6.07) is 12.3. The van der Waals surface area contributed by atoms with Crippen LogP contribution in [-0.4, -0.2) is 27.4 Å². The molecule has 7 heteroatoms. The van der Waals surface area contributed by atoms with E-state index >= 15 is 0 Å². The Hall–Kier alpha value is -2.25. The second-order valence-electron chi connectivity index (χ2n) is 5.92. The summed E-state index contributed by atoms with van der Waals surface area (Å²) in [7, 11) is -3.64. The number of hydrogen-bond acceptors (Lipinski definition) is 3. The largest absolute Gasteiger partial charge is 0.312 e. The van der Waals surface area contributed by atoms with Crippen LogP contribution in [0.25, 0.3) is 0 Å². The van der Waals surface area contributed by atoms with Crippen molar-refractivity contribution < 1.29 is 17.6 Å².